The van der Waals surface area contributed by atoms with Crippen LogP contribution in [-0.4, -0.2) is 16.6 Å². The maximum Gasteiger partial charge on any atom is 0.0808 e. The summed E-state index contributed by atoms with van der Waals surface area (Å²) in [5.74, 6) is 0. The second-order valence-electron chi connectivity index (χ2n) is 3.38. The average molecular weight is 190 g/mol. The van der Waals surface area contributed by atoms with Gasteiger partial charge in [-0.1, -0.05) is 12.1 Å². The van der Waals surface area contributed by atoms with Crippen LogP contribution in [0.3, 0.4) is 0 Å². The maximum absolute atomic E-state index is 9.84. The predicted molar refractivity (Wildman–Crippen MR) is 56.9 cm³/mol. The van der Waals surface area contributed by atoms with Gasteiger partial charge in [-0.25, -0.2) is 0 Å². The van der Waals surface area contributed by atoms with Crippen LogP contribution in [0, 0.1) is 0 Å². The topological polar surface area (TPSA) is 62.0 Å². The van der Waals surface area contributed by atoms with Crippen LogP contribution in [0.4, 0.5) is 0 Å². The van der Waals surface area contributed by atoms with Crippen LogP contribution in [0.5, 0.6) is 0 Å². The number of aliphatic hydroxyl groups is 1. The molecule has 0 saturated heterocycles. The molecule has 1 heterocycles. The fraction of sp³-hybridized carbons (Fsp3) is 0.273. The van der Waals surface area contributed by atoms with Gasteiger partial charge >= 0.3 is 0 Å². The lowest BCUT2D eigenvalue weighted by Crippen LogP contribution is -2.06. The molecule has 0 radical (unpaired) electrons. The van der Waals surface area contributed by atoms with Crippen molar-refractivity contribution in [2.45, 2.75) is 12.5 Å². The van der Waals surface area contributed by atoms with Crippen molar-refractivity contribution in [3.05, 3.63) is 36.0 Å². The summed E-state index contributed by atoms with van der Waals surface area (Å²) in [6.45, 7) is 0.502. The molecule has 0 unspecified atom stereocenters. The summed E-state index contributed by atoms with van der Waals surface area (Å²) in [5, 5.41) is 10.9. The minimum Gasteiger partial charge on any atom is -0.388 e. The number of hydrogen-bond acceptors (Lipinski definition) is 2. The molecule has 4 N–H and O–H groups in total. The van der Waals surface area contributed by atoms with Crippen LogP contribution in [-0.2, 0) is 0 Å². The molecule has 3 nitrogen and oxygen atoms in total. The van der Waals surface area contributed by atoms with Gasteiger partial charge in [-0.15, -0.1) is 0 Å². The van der Waals surface area contributed by atoms with Gasteiger partial charge in [0.25, 0.3) is 0 Å². The lowest BCUT2D eigenvalue weighted by Gasteiger charge is -2.10. The predicted octanol–water partition coefficient (Wildman–Crippen LogP) is 1.55. The Balaban J connectivity index is 2.45. The monoisotopic (exact) mass is 190 g/mol. The summed E-state index contributed by atoms with van der Waals surface area (Å²) in [4.78, 5) is 3.11. The highest BCUT2D eigenvalue weighted by atomic mass is 16.3. The van der Waals surface area contributed by atoms with E-state index in [1.54, 1.807) is 0 Å². The van der Waals surface area contributed by atoms with Crippen molar-refractivity contribution < 1.29 is 5.11 Å². The Morgan fingerprint density at radius 3 is 3.00 bits per heavy atom. The van der Waals surface area contributed by atoms with Crippen molar-refractivity contribution in [1.82, 2.24) is 4.98 Å². The normalized spacial score (nSPS) is 13.3. The minimum atomic E-state index is -0.459. The standard InChI is InChI=1S/C11H14N2O/c12-6-4-11(14)9-2-1-3-10-8(9)5-7-13-10/h1-3,5,7,11,13-14H,4,6,12H2/t11-/m1/s1. The van der Waals surface area contributed by atoms with Crippen LogP contribution < -0.4 is 5.73 Å². The van der Waals surface area contributed by atoms with Gasteiger partial charge in [0.2, 0.25) is 0 Å². The summed E-state index contributed by atoms with van der Waals surface area (Å²) in [6.07, 6.45) is 2.02. The Hall–Kier alpha value is -1.32. The van der Waals surface area contributed by atoms with Crippen molar-refractivity contribution in [2.75, 3.05) is 6.54 Å². The third kappa shape index (κ3) is 1.52. The molecular formula is C11H14N2O. The van der Waals surface area contributed by atoms with Gasteiger partial charge in [0.1, 0.15) is 0 Å². The smallest absolute Gasteiger partial charge is 0.0808 e. The number of fused-ring (bicyclic) bond motifs is 1. The molecule has 1 aromatic carbocycles. The number of aromatic amines is 1. The van der Waals surface area contributed by atoms with Crippen molar-refractivity contribution in [1.29, 1.82) is 0 Å². The first kappa shape index (κ1) is 9.24. The number of H-pyrrole nitrogens is 1. The van der Waals surface area contributed by atoms with Gasteiger partial charge in [-0.3, -0.25) is 0 Å². The van der Waals surface area contributed by atoms with Gasteiger partial charge in [-0.2, -0.15) is 0 Å². The largest absolute Gasteiger partial charge is 0.388 e. The van der Waals surface area contributed by atoms with Crippen molar-refractivity contribution >= 4 is 10.9 Å². The summed E-state index contributed by atoms with van der Waals surface area (Å²) < 4.78 is 0. The third-order valence-electron chi connectivity index (χ3n) is 2.43. The van der Waals surface area contributed by atoms with Gasteiger partial charge in [0, 0.05) is 17.1 Å². The van der Waals surface area contributed by atoms with Crippen molar-refractivity contribution in [2.24, 2.45) is 5.73 Å². The molecule has 1 atom stereocenters. The van der Waals surface area contributed by atoms with Crippen LogP contribution in [0.2, 0.25) is 0 Å². The zero-order valence-electron chi connectivity index (χ0n) is 7.90. The molecule has 2 rings (SSSR count). The van der Waals surface area contributed by atoms with Crippen LogP contribution >= 0.6 is 0 Å². The molecule has 2 aromatic rings. The molecule has 1 aromatic heterocycles. The molecule has 0 bridgehead atoms. The number of nitrogens with two attached hydrogens (primary N) is 1. The van der Waals surface area contributed by atoms with E-state index in [9.17, 15) is 5.11 Å². The van der Waals surface area contributed by atoms with E-state index >= 15 is 0 Å². The Morgan fingerprint density at radius 2 is 2.21 bits per heavy atom. The minimum absolute atomic E-state index is 0.459. The zero-order valence-corrected chi connectivity index (χ0v) is 7.90. The van der Waals surface area contributed by atoms with Gasteiger partial charge in [-0.05, 0) is 30.7 Å². The van der Waals surface area contributed by atoms with E-state index in [0.29, 0.717) is 13.0 Å². The molecule has 0 saturated carbocycles. The fourth-order valence-electron chi connectivity index (χ4n) is 1.71. The molecular weight excluding hydrogens is 176 g/mol. The summed E-state index contributed by atoms with van der Waals surface area (Å²) in [5.41, 5.74) is 7.43. The quantitative estimate of drug-likeness (QED) is 0.687. The Labute approximate surface area is 82.6 Å². The van der Waals surface area contributed by atoms with Gasteiger partial charge in [0.15, 0.2) is 0 Å². The highest BCUT2D eigenvalue weighted by Gasteiger charge is 2.09. The molecule has 0 aliphatic heterocycles. The first-order valence-electron chi connectivity index (χ1n) is 4.77. The summed E-state index contributed by atoms with van der Waals surface area (Å²) in [6, 6.07) is 7.85. The average Bonchev–Trinajstić information content (AvgIpc) is 2.65. The highest BCUT2D eigenvalue weighted by molar-refractivity contribution is 5.83. The Bertz CT molecular complexity index is 422. The summed E-state index contributed by atoms with van der Waals surface area (Å²) in [7, 11) is 0. The molecule has 0 aliphatic rings. The van der Waals surface area contributed by atoms with Crippen LogP contribution in [0.25, 0.3) is 10.9 Å². The van der Waals surface area contributed by atoms with E-state index in [4.69, 9.17) is 5.73 Å². The van der Waals surface area contributed by atoms with Crippen molar-refractivity contribution in [3.8, 4) is 0 Å². The zero-order chi connectivity index (χ0) is 9.97. The van der Waals surface area contributed by atoms with Crippen molar-refractivity contribution in [3.63, 3.8) is 0 Å². The first-order valence-corrected chi connectivity index (χ1v) is 4.77. The molecule has 0 aliphatic carbocycles. The number of hydrogen-bond donors (Lipinski definition) is 3. The Morgan fingerprint density at radius 1 is 1.36 bits per heavy atom. The number of aliphatic hydroxyl groups excluding tert-OH is 1. The summed E-state index contributed by atoms with van der Waals surface area (Å²) >= 11 is 0. The van der Waals surface area contributed by atoms with E-state index in [1.165, 1.54) is 0 Å². The SMILES string of the molecule is NCC[C@@H](O)c1cccc2[nH]ccc12. The van der Waals surface area contributed by atoms with Gasteiger partial charge < -0.3 is 15.8 Å². The molecule has 3 heteroatoms. The molecule has 74 valence electrons. The molecule has 14 heavy (non-hydrogen) atoms. The van der Waals surface area contributed by atoms with Crippen LogP contribution in [0.1, 0.15) is 18.1 Å². The Kier molecular flexibility index (Phi) is 2.52. The number of benzene rings is 1. The lowest BCUT2D eigenvalue weighted by molar-refractivity contribution is 0.172. The fourth-order valence-corrected chi connectivity index (χ4v) is 1.71. The van der Waals surface area contributed by atoms with E-state index in [1.807, 2.05) is 30.5 Å². The third-order valence-corrected chi connectivity index (χ3v) is 2.43. The lowest BCUT2D eigenvalue weighted by atomic mass is 10.0. The van der Waals surface area contributed by atoms with E-state index < -0.39 is 6.10 Å². The first-order chi connectivity index (χ1) is 6.83. The number of rotatable bonds is 3. The van der Waals surface area contributed by atoms with E-state index in [2.05, 4.69) is 4.98 Å². The number of nitrogens with one attached hydrogen (secondary N) is 1. The van der Waals surface area contributed by atoms with Crippen LogP contribution in [0.15, 0.2) is 30.5 Å². The molecule has 0 spiro atoms. The van der Waals surface area contributed by atoms with E-state index in [-0.39, 0.29) is 0 Å². The molecule has 0 amide bonds. The second kappa shape index (κ2) is 3.82. The number of aromatic nitrogens is 1. The second-order valence-corrected chi connectivity index (χ2v) is 3.38. The molecule has 0 fully saturated rings. The highest BCUT2D eigenvalue weighted by Crippen LogP contribution is 2.24. The van der Waals surface area contributed by atoms with Gasteiger partial charge in [0.05, 0.1) is 6.10 Å². The maximum atomic E-state index is 9.84. The van der Waals surface area contributed by atoms with E-state index in [0.717, 1.165) is 16.5 Å².